The van der Waals surface area contributed by atoms with E-state index in [4.69, 9.17) is 5.73 Å². The molecular weight excluding hydrogens is 274 g/mol. The summed E-state index contributed by atoms with van der Waals surface area (Å²) in [5.41, 5.74) is 6.21. The molecule has 0 aromatic carbocycles. The molecule has 0 aliphatic heterocycles. The number of Topliss-reactive ketones (excluding diaryl/α,β-unsaturated/α-hetero) is 1. The minimum atomic E-state index is -0.147. The van der Waals surface area contributed by atoms with Gasteiger partial charge in [-0.05, 0) is 12.8 Å². The zero-order chi connectivity index (χ0) is 14.7. The molecule has 0 aliphatic carbocycles. The fourth-order valence-electron chi connectivity index (χ4n) is 1.78. The molecule has 108 valence electrons. The van der Waals surface area contributed by atoms with Gasteiger partial charge in [-0.2, -0.15) is 5.10 Å². The predicted molar refractivity (Wildman–Crippen MR) is 77.6 cm³/mol. The quantitative estimate of drug-likeness (QED) is 0.821. The van der Waals surface area contributed by atoms with Crippen molar-refractivity contribution in [1.29, 1.82) is 0 Å². The second kappa shape index (κ2) is 6.23. The third-order valence-electron chi connectivity index (χ3n) is 2.75. The van der Waals surface area contributed by atoms with Crippen LogP contribution in [0.3, 0.4) is 0 Å². The second-order valence-corrected chi connectivity index (χ2v) is 6.10. The Kier molecular flexibility index (Phi) is 4.61. The van der Waals surface area contributed by atoms with Crippen LogP contribution >= 0.6 is 11.3 Å². The maximum atomic E-state index is 12.2. The molecule has 2 N–H and O–H groups in total. The number of nitrogens with two attached hydrogens (primary N) is 1. The first kappa shape index (κ1) is 14.8. The van der Waals surface area contributed by atoms with Crippen molar-refractivity contribution in [1.82, 2.24) is 19.7 Å². The molecule has 20 heavy (non-hydrogen) atoms. The summed E-state index contributed by atoms with van der Waals surface area (Å²) in [6.07, 6.45) is 1.70. The summed E-state index contributed by atoms with van der Waals surface area (Å²) in [5.74, 6) is 1.08. The molecule has 2 aromatic rings. The van der Waals surface area contributed by atoms with Crippen LogP contribution in [0.15, 0.2) is 11.7 Å². The monoisotopic (exact) mass is 293 g/mol. The van der Waals surface area contributed by atoms with Gasteiger partial charge in [0, 0.05) is 11.9 Å². The van der Waals surface area contributed by atoms with Gasteiger partial charge in [0.2, 0.25) is 0 Å². The van der Waals surface area contributed by atoms with E-state index in [1.165, 1.54) is 17.7 Å². The highest BCUT2D eigenvalue weighted by Gasteiger charge is 2.16. The van der Waals surface area contributed by atoms with Crippen LogP contribution in [0, 0.1) is 5.92 Å². The van der Waals surface area contributed by atoms with Gasteiger partial charge in [-0.25, -0.2) is 14.6 Å². The number of aromatic nitrogens is 4. The standard InChI is InChI=1S/C13H19N5OS/c1-8(2)5-18-12(15-7-16-18)4-11(19)10-6-20-13(17-10)9(3)14/h6-9H,4-5,14H2,1-3H3. The molecule has 1 unspecified atom stereocenters. The van der Waals surface area contributed by atoms with Crippen molar-refractivity contribution in [2.24, 2.45) is 11.7 Å². The van der Waals surface area contributed by atoms with E-state index in [2.05, 4.69) is 28.9 Å². The molecule has 1 atom stereocenters. The van der Waals surface area contributed by atoms with Gasteiger partial charge < -0.3 is 5.73 Å². The maximum absolute atomic E-state index is 12.2. The van der Waals surface area contributed by atoms with Crippen molar-refractivity contribution >= 4 is 17.1 Å². The molecule has 2 aromatic heterocycles. The molecule has 0 spiro atoms. The van der Waals surface area contributed by atoms with Crippen molar-refractivity contribution in [2.45, 2.75) is 39.8 Å². The van der Waals surface area contributed by atoms with Crippen LogP contribution < -0.4 is 5.73 Å². The third-order valence-corrected chi connectivity index (χ3v) is 3.80. The van der Waals surface area contributed by atoms with Crippen molar-refractivity contribution in [3.05, 3.63) is 28.2 Å². The van der Waals surface area contributed by atoms with Gasteiger partial charge in [0.25, 0.3) is 0 Å². The average molecular weight is 293 g/mol. The van der Waals surface area contributed by atoms with Crippen molar-refractivity contribution in [3.8, 4) is 0 Å². The maximum Gasteiger partial charge on any atom is 0.189 e. The van der Waals surface area contributed by atoms with E-state index in [0.29, 0.717) is 17.4 Å². The zero-order valence-corrected chi connectivity index (χ0v) is 12.7. The summed E-state index contributed by atoms with van der Waals surface area (Å²) in [6.45, 7) is 6.81. The highest BCUT2D eigenvalue weighted by molar-refractivity contribution is 7.09. The Morgan fingerprint density at radius 1 is 1.45 bits per heavy atom. The molecule has 0 bridgehead atoms. The number of nitrogens with zero attached hydrogens (tertiary/aromatic N) is 4. The van der Waals surface area contributed by atoms with E-state index in [-0.39, 0.29) is 18.2 Å². The molecule has 0 fully saturated rings. The van der Waals surface area contributed by atoms with Crippen LogP contribution in [-0.2, 0) is 13.0 Å². The van der Waals surface area contributed by atoms with Crippen LogP contribution in [0.25, 0.3) is 0 Å². The molecule has 2 heterocycles. The van der Waals surface area contributed by atoms with E-state index in [1.807, 2.05) is 6.92 Å². The van der Waals surface area contributed by atoms with Crippen molar-refractivity contribution in [2.75, 3.05) is 0 Å². The summed E-state index contributed by atoms with van der Waals surface area (Å²) in [7, 11) is 0. The van der Waals surface area contributed by atoms with Crippen LogP contribution in [0.1, 0.15) is 48.1 Å². The van der Waals surface area contributed by atoms with Gasteiger partial charge in [-0.3, -0.25) is 4.79 Å². The Morgan fingerprint density at radius 2 is 2.20 bits per heavy atom. The minimum absolute atomic E-state index is 0.0499. The van der Waals surface area contributed by atoms with Crippen LogP contribution in [0.4, 0.5) is 0 Å². The number of thiazole rings is 1. The lowest BCUT2D eigenvalue weighted by molar-refractivity contribution is 0.0984. The van der Waals surface area contributed by atoms with Crippen LogP contribution in [0.2, 0.25) is 0 Å². The Hall–Kier alpha value is -1.60. The molecule has 0 amide bonds. The van der Waals surface area contributed by atoms with E-state index >= 15 is 0 Å². The Balaban J connectivity index is 2.09. The molecule has 0 saturated heterocycles. The van der Waals surface area contributed by atoms with Gasteiger partial charge in [-0.1, -0.05) is 13.8 Å². The summed E-state index contributed by atoms with van der Waals surface area (Å²) in [5, 5.41) is 6.68. The first-order valence-electron chi connectivity index (χ1n) is 6.58. The second-order valence-electron chi connectivity index (χ2n) is 5.21. The SMILES string of the molecule is CC(C)Cn1ncnc1CC(=O)c1csc(C(C)N)n1. The molecule has 0 radical (unpaired) electrons. The topological polar surface area (TPSA) is 86.7 Å². The highest BCUT2D eigenvalue weighted by Crippen LogP contribution is 2.17. The van der Waals surface area contributed by atoms with Crippen LogP contribution in [-0.4, -0.2) is 25.5 Å². The zero-order valence-electron chi connectivity index (χ0n) is 11.9. The van der Waals surface area contributed by atoms with Gasteiger partial charge >= 0.3 is 0 Å². The lowest BCUT2D eigenvalue weighted by Crippen LogP contribution is -2.14. The number of rotatable bonds is 6. The van der Waals surface area contributed by atoms with Gasteiger partial charge in [0.15, 0.2) is 5.78 Å². The van der Waals surface area contributed by atoms with E-state index in [1.54, 1.807) is 10.1 Å². The average Bonchev–Trinajstić information content (AvgIpc) is 2.98. The van der Waals surface area contributed by atoms with E-state index in [9.17, 15) is 4.79 Å². The first-order chi connectivity index (χ1) is 9.47. The molecular formula is C13H19N5OS. The number of ketones is 1. The molecule has 6 nitrogen and oxygen atoms in total. The summed E-state index contributed by atoms with van der Waals surface area (Å²) < 4.78 is 1.78. The molecule has 2 rings (SSSR count). The Bertz CT molecular complexity index is 587. The van der Waals surface area contributed by atoms with Gasteiger partial charge in [-0.15, -0.1) is 11.3 Å². The largest absolute Gasteiger partial charge is 0.322 e. The first-order valence-corrected chi connectivity index (χ1v) is 7.46. The molecule has 0 aliphatic rings. The fraction of sp³-hybridized carbons (Fsp3) is 0.538. The smallest absolute Gasteiger partial charge is 0.189 e. The van der Waals surface area contributed by atoms with Crippen LogP contribution in [0.5, 0.6) is 0 Å². The third kappa shape index (κ3) is 3.49. The van der Waals surface area contributed by atoms with E-state index < -0.39 is 0 Å². The summed E-state index contributed by atoms with van der Waals surface area (Å²) in [4.78, 5) is 20.6. The Morgan fingerprint density at radius 3 is 2.80 bits per heavy atom. The summed E-state index contributed by atoms with van der Waals surface area (Å²) >= 11 is 1.41. The van der Waals surface area contributed by atoms with Gasteiger partial charge in [0.1, 0.15) is 22.9 Å². The highest BCUT2D eigenvalue weighted by atomic mass is 32.1. The predicted octanol–water partition coefficient (Wildman–Crippen LogP) is 1.84. The van der Waals surface area contributed by atoms with Gasteiger partial charge in [0.05, 0.1) is 12.5 Å². The number of hydrogen-bond acceptors (Lipinski definition) is 6. The normalized spacial score (nSPS) is 12.8. The molecule has 7 heteroatoms. The summed E-state index contributed by atoms with van der Waals surface area (Å²) in [6, 6.07) is -0.147. The lowest BCUT2D eigenvalue weighted by atomic mass is 10.2. The van der Waals surface area contributed by atoms with Crippen molar-refractivity contribution < 1.29 is 4.79 Å². The minimum Gasteiger partial charge on any atom is -0.322 e. The molecule has 0 saturated carbocycles. The lowest BCUT2D eigenvalue weighted by Gasteiger charge is -2.07. The fourth-order valence-corrected chi connectivity index (χ4v) is 2.56. The van der Waals surface area contributed by atoms with E-state index in [0.717, 1.165) is 11.6 Å². The number of carbonyl (C=O) groups excluding carboxylic acids is 1. The Labute approximate surface area is 122 Å². The number of hydrogen-bond donors (Lipinski definition) is 1. The van der Waals surface area contributed by atoms with Crippen molar-refractivity contribution in [3.63, 3.8) is 0 Å². The number of carbonyl (C=O) groups is 1.